The summed E-state index contributed by atoms with van der Waals surface area (Å²) >= 11 is 0. The highest BCUT2D eigenvalue weighted by atomic mass is 15.1. The summed E-state index contributed by atoms with van der Waals surface area (Å²) in [6, 6.07) is 95.4. The molecular formula is C70H48N2. The highest BCUT2D eigenvalue weighted by Gasteiger charge is 2.51. The largest absolute Gasteiger partial charge is 0.310 e. The van der Waals surface area contributed by atoms with Crippen LogP contribution in [0.3, 0.4) is 0 Å². The zero-order valence-electron chi connectivity index (χ0n) is 40.1. The van der Waals surface area contributed by atoms with Gasteiger partial charge in [0.05, 0.1) is 22.1 Å². The van der Waals surface area contributed by atoms with Crippen LogP contribution in [0.15, 0.2) is 255 Å². The molecule has 0 radical (unpaired) electrons. The van der Waals surface area contributed by atoms with E-state index >= 15 is 0 Å². The van der Waals surface area contributed by atoms with E-state index in [1.807, 2.05) is 0 Å². The molecule has 2 heteroatoms. The molecule has 0 saturated heterocycles. The molecule has 338 valence electrons. The van der Waals surface area contributed by atoms with Crippen molar-refractivity contribution in [1.29, 1.82) is 0 Å². The van der Waals surface area contributed by atoms with E-state index in [2.05, 4.69) is 278 Å². The smallest absolute Gasteiger partial charge is 0.0726 e. The molecule has 1 spiro atoms. The maximum Gasteiger partial charge on any atom is 0.0726 e. The molecule has 0 atom stereocenters. The van der Waals surface area contributed by atoms with Crippen LogP contribution in [0, 0.1) is 0 Å². The van der Waals surface area contributed by atoms with Crippen molar-refractivity contribution in [1.82, 2.24) is 4.57 Å². The predicted octanol–water partition coefficient (Wildman–Crippen LogP) is 18.2. The topological polar surface area (TPSA) is 8.17 Å². The zero-order chi connectivity index (χ0) is 47.7. The molecule has 3 aliphatic carbocycles. The molecule has 0 saturated carbocycles. The molecule has 0 amide bonds. The van der Waals surface area contributed by atoms with Crippen LogP contribution in [0.4, 0.5) is 17.1 Å². The van der Waals surface area contributed by atoms with Gasteiger partial charge < -0.3 is 9.47 Å². The lowest BCUT2D eigenvalue weighted by Gasteiger charge is -2.33. The van der Waals surface area contributed by atoms with E-state index < -0.39 is 5.41 Å². The van der Waals surface area contributed by atoms with Gasteiger partial charge in [-0.3, -0.25) is 0 Å². The standard InChI is InChI=1S/C70H48N2/c1-69(2)59-31-12-9-29-58(59)68-57(30-19-35-63(68)69)55-28-11-16-36-65(55)71(48-23-18-20-45(42-48)46-38-40-56-54-27-10-17-37-66(54)72(67(56)43-46)47-21-4-3-5-22-47)49-39-41-53-52-26-8-15-34-62(52)70(64(53)44-49)60-32-13-6-24-50(60)51-25-7-14-33-61(51)70/h3-44H,1-2H3. The monoisotopic (exact) mass is 916 g/mol. The molecule has 11 aromatic carbocycles. The highest BCUT2D eigenvalue weighted by Crippen LogP contribution is 2.64. The lowest BCUT2D eigenvalue weighted by atomic mass is 9.70. The van der Waals surface area contributed by atoms with Crippen molar-refractivity contribution in [2.75, 3.05) is 4.90 Å². The number of rotatable bonds is 6. The summed E-state index contributed by atoms with van der Waals surface area (Å²) in [5.41, 5.74) is 26.9. The molecule has 3 aliphatic rings. The second-order valence-corrected chi connectivity index (χ2v) is 20.3. The van der Waals surface area contributed by atoms with Gasteiger partial charge in [0.15, 0.2) is 0 Å². The summed E-state index contributed by atoms with van der Waals surface area (Å²) in [7, 11) is 0. The molecule has 1 aromatic heterocycles. The molecule has 0 bridgehead atoms. The molecule has 15 rings (SSSR count). The first-order valence-electron chi connectivity index (χ1n) is 25.3. The molecule has 1 heterocycles. The van der Waals surface area contributed by atoms with Gasteiger partial charge in [0.25, 0.3) is 0 Å². The number of para-hydroxylation sites is 3. The Morgan fingerprint density at radius 3 is 1.58 bits per heavy atom. The fraction of sp³-hybridized carbons (Fsp3) is 0.0571. The molecule has 0 unspecified atom stereocenters. The van der Waals surface area contributed by atoms with Crippen molar-refractivity contribution in [3.8, 4) is 61.3 Å². The second-order valence-electron chi connectivity index (χ2n) is 20.3. The van der Waals surface area contributed by atoms with E-state index in [0.29, 0.717) is 0 Å². The minimum Gasteiger partial charge on any atom is -0.310 e. The molecule has 0 N–H and O–H groups in total. The van der Waals surface area contributed by atoms with Gasteiger partial charge in [0, 0.05) is 38.8 Å². The van der Waals surface area contributed by atoms with Gasteiger partial charge in [0.1, 0.15) is 0 Å². The summed E-state index contributed by atoms with van der Waals surface area (Å²) in [5.74, 6) is 0. The van der Waals surface area contributed by atoms with Gasteiger partial charge in [-0.15, -0.1) is 0 Å². The third-order valence-electron chi connectivity index (χ3n) is 16.4. The van der Waals surface area contributed by atoms with E-state index in [1.165, 1.54) is 105 Å². The number of benzene rings is 11. The van der Waals surface area contributed by atoms with Gasteiger partial charge in [-0.05, 0) is 138 Å². The Bertz CT molecular complexity index is 4140. The van der Waals surface area contributed by atoms with Crippen LogP contribution in [0.2, 0.25) is 0 Å². The van der Waals surface area contributed by atoms with Crippen LogP contribution < -0.4 is 4.90 Å². The average Bonchev–Trinajstić information content (AvgIpc) is 4.11. The van der Waals surface area contributed by atoms with E-state index in [-0.39, 0.29) is 5.41 Å². The van der Waals surface area contributed by atoms with Crippen LogP contribution in [0.1, 0.15) is 47.2 Å². The minimum atomic E-state index is -0.482. The van der Waals surface area contributed by atoms with Gasteiger partial charge in [-0.1, -0.05) is 214 Å². The van der Waals surface area contributed by atoms with Crippen LogP contribution in [0.5, 0.6) is 0 Å². The first-order chi connectivity index (χ1) is 35.5. The Balaban J connectivity index is 0.981. The third kappa shape index (κ3) is 5.55. The first-order valence-corrected chi connectivity index (χ1v) is 25.3. The van der Waals surface area contributed by atoms with Crippen LogP contribution >= 0.6 is 0 Å². The van der Waals surface area contributed by atoms with Crippen molar-refractivity contribution >= 4 is 38.9 Å². The maximum atomic E-state index is 2.54. The van der Waals surface area contributed by atoms with Crippen molar-refractivity contribution in [2.24, 2.45) is 0 Å². The zero-order valence-corrected chi connectivity index (χ0v) is 40.1. The number of nitrogens with zero attached hydrogens (tertiary/aromatic N) is 2. The third-order valence-corrected chi connectivity index (χ3v) is 16.4. The number of hydrogen-bond donors (Lipinski definition) is 0. The van der Waals surface area contributed by atoms with Gasteiger partial charge in [0.2, 0.25) is 0 Å². The van der Waals surface area contributed by atoms with Crippen molar-refractivity contribution in [3.05, 3.63) is 288 Å². The lowest BCUT2D eigenvalue weighted by molar-refractivity contribution is 0.660. The average molecular weight is 917 g/mol. The summed E-state index contributed by atoms with van der Waals surface area (Å²) < 4.78 is 2.41. The van der Waals surface area contributed by atoms with Gasteiger partial charge >= 0.3 is 0 Å². The number of aromatic nitrogens is 1. The maximum absolute atomic E-state index is 2.54. The van der Waals surface area contributed by atoms with Crippen molar-refractivity contribution in [2.45, 2.75) is 24.7 Å². The molecule has 12 aromatic rings. The minimum absolute atomic E-state index is 0.130. The Hall–Kier alpha value is -8.98. The van der Waals surface area contributed by atoms with Crippen LogP contribution in [-0.2, 0) is 10.8 Å². The number of hydrogen-bond acceptors (Lipinski definition) is 1. The SMILES string of the molecule is CC1(C)c2ccccc2-c2c(-c3ccccc3N(c3cccc(-c4ccc5c6ccccc6n(-c6ccccc6)c5c4)c3)c3ccc4c(c3)C3(c5ccccc5-c5ccccc53)c3ccccc3-4)cccc21. The summed E-state index contributed by atoms with van der Waals surface area (Å²) in [4.78, 5) is 2.54. The Morgan fingerprint density at radius 1 is 0.319 bits per heavy atom. The Labute approximate surface area is 420 Å². The van der Waals surface area contributed by atoms with E-state index in [1.54, 1.807) is 0 Å². The summed E-state index contributed by atoms with van der Waals surface area (Å²) in [6.45, 7) is 4.75. The Morgan fingerprint density at radius 2 is 0.847 bits per heavy atom. The van der Waals surface area contributed by atoms with E-state index in [9.17, 15) is 0 Å². The predicted molar refractivity (Wildman–Crippen MR) is 300 cm³/mol. The lowest BCUT2D eigenvalue weighted by Crippen LogP contribution is -2.26. The molecular weight excluding hydrogens is 869 g/mol. The summed E-state index contributed by atoms with van der Waals surface area (Å²) in [5, 5.41) is 2.50. The van der Waals surface area contributed by atoms with Crippen LogP contribution in [0.25, 0.3) is 83.1 Å². The summed E-state index contributed by atoms with van der Waals surface area (Å²) in [6.07, 6.45) is 0. The fourth-order valence-corrected chi connectivity index (χ4v) is 13.4. The quantitative estimate of drug-likeness (QED) is 0.161. The van der Waals surface area contributed by atoms with Crippen LogP contribution in [-0.4, -0.2) is 4.57 Å². The molecule has 72 heavy (non-hydrogen) atoms. The molecule has 0 aliphatic heterocycles. The van der Waals surface area contributed by atoms with E-state index in [4.69, 9.17) is 0 Å². The van der Waals surface area contributed by atoms with E-state index in [0.717, 1.165) is 28.3 Å². The second kappa shape index (κ2) is 15.3. The normalized spacial score (nSPS) is 13.9. The van der Waals surface area contributed by atoms with Gasteiger partial charge in [-0.2, -0.15) is 0 Å². The van der Waals surface area contributed by atoms with Gasteiger partial charge in [-0.25, -0.2) is 0 Å². The first kappa shape index (κ1) is 40.9. The number of fused-ring (bicyclic) bond motifs is 16. The van der Waals surface area contributed by atoms with Crippen molar-refractivity contribution in [3.63, 3.8) is 0 Å². The number of anilines is 3. The molecule has 2 nitrogen and oxygen atoms in total. The molecule has 0 fully saturated rings. The van der Waals surface area contributed by atoms with Crippen molar-refractivity contribution < 1.29 is 0 Å². The highest BCUT2D eigenvalue weighted by molar-refractivity contribution is 6.10. The Kier molecular flexibility index (Phi) is 8.66. The fourth-order valence-electron chi connectivity index (χ4n) is 13.4.